The molecule has 0 bridgehead atoms. The first kappa shape index (κ1) is 16.7. The molecule has 0 aliphatic carbocycles. The number of aryl methyl sites for hydroxylation is 1. The maximum Gasteiger partial charge on any atom is 0.0522 e. The van der Waals surface area contributed by atoms with E-state index in [1.54, 1.807) is 11.3 Å². The minimum Gasteiger partial charge on any atom is -0.299 e. The molecule has 0 unspecified atom stereocenters. The Hall–Kier alpha value is -1.17. The van der Waals surface area contributed by atoms with E-state index in [9.17, 15) is 0 Å². The number of thiophene rings is 1. The number of hydrogen-bond donors (Lipinski definition) is 0. The topological polar surface area (TPSA) is 24.3 Å². The molecule has 1 aliphatic rings. The first-order valence-corrected chi connectivity index (χ1v) is 9.43. The second kappa shape index (κ2) is 7.16. The molecule has 3 rings (SSSR count). The summed E-state index contributed by atoms with van der Waals surface area (Å²) in [6, 6.07) is 4.02. The molecule has 0 N–H and O–H groups in total. The largest absolute Gasteiger partial charge is 0.299 e. The van der Waals surface area contributed by atoms with Gasteiger partial charge >= 0.3 is 0 Å². The van der Waals surface area contributed by atoms with Crippen molar-refractivity contribution in [2.45, 2.75) is 51.4 Å². The van der Waals surface area contributed by atoms with Crippen molar-refractivity contribution in [1.29, 1.82) is 0 Å². The highest BCUT2D eigenvalue weighted by atomic mass is 32.1. The van der Waals surface area contributed by atoms with Gasteiger partial charge in [-0.25, -0.2) is 0 Å². The van der Waals surface area contributed by atoms with E-state index < -0.39 is 0 Å². The second-order valence-electron chi connectivity index (χ2n) is 7.01. The van der Waals surface area contributed by atoms with E-state index in [1.165, 1.54) is 24.1 Å². The van der Waals surface area contributed by atoms with Crippen molar-refractivity contribution in [3.8, 4) is 0 Å². The van der Waals surface area contributed by atoms with E-state index in [0.717, 1.165) is 13.0 Å². The van der Waals surface area contributed by atoms with Gasteiger partial charge in [-0.3, -0.25) is 14.5 Å². The lowest BCUT2D eigenvalue weighted by molar-refractivity contribution is 0.135. The van der Waals surface area contributed by atoms with E-state index in [-0.39, 0.29) is 0 Å². The van der Waals surface area contributed by atoms with Crippen LogP contribution in [0, 0.1) is 0 Å². The van der Waals surface area contributed by atoms with Crippen molar-refractivity contribution in [2.75, 3.05) is 13.6 Å². The Morgan fingerprint density at radius 1 is 1.39 bits per heavy atom. The number of aromatic nitrogens is 2. The van der Waals surface area contributed by atoms with Gasteiger partial charge in [0.1, 0.15) is 0 Å². The summed E-state index contributed by atoms with van der Waals surface area (Å²) in [7, 11) is 4.28. The fourth-order valence-electron chi connectivity index (χ4n) is 3.66. The number of nitrogens with zero attached hydrogens (tertiary/aromatic N) is 4. The van der Waals surface area contributed by atoms with Gasteiger partial charge < -0.3 is 0 Å². The molecule has 0 aromatic carbocycles. The van der Waals surface area contributed by atoms with Gasteiger partial charge in [-0.05, 0) is 61.7 Å². The first-order chi connectivity index (χ1) is 11.0. The molecular weight excluding hydrogens is 304 g/mol. The van der Waals surface area contributed by atoms with Crippen LogP contribution < -0.4 is 0 Å². The highest BCUT2D eigenvalue weighted by molar-refractivity contribution is 7.07. The Balaban J connectivity index is 1.78. The summed E-state index contributed by atoms with van der Waals surface area (Å²) in [5.74, 6) is 0. The van der Waals surface area contributed by atoms with Crippen LogP contribution in [-0.4, -0.2) is 51.3 Å². The molecule has 2 atom stereocenters. The molecule has 1 fully saturated rings. The Bertz CT molecular complexity index is 604. The van der Waals surface area contributed by atoms with Crippen LogP contribution in [0.4, 0.5) is 0 Å². The molecule has 0 amide bonds. The zero-order chi connectivity index (χ0) is 16.4. The summed E-state index contributed by atoms with van der Waals surface area (Å²) in [6.07, 6.45) is 6.52. The predicted octanol–water partition coefficient (Wildman–Crippen LogP) is 3.01. The highest BCUT2D eigenvalue weighted by Crippen LogP contribution is 2.28. The molecule has 4 nitrogen and oxygen atoms in total. The number of rotatable bonds is 6. The fourth-order valence-corrected chi connectivity index (χ4v) is 4.31. The normalized spacial score (nSPS) is 22.5. The van der Waals surface area contributed by atoms with Crippen LogP contribution >= 0.6 is 11.3 Å². The lowest BCUT2D eigenvalue weighted by Gasteiger charge is -2.35. The van der Waals surface area contributed by atoms with Gasteiger partial charge in [0.2, 0.25) is 0 Å². The average molecular weight is 333 g/mol. The minimum absolute atomic E-state index is 0.562. The zero-order valence-electron chi connectivity index (χ0n) is 14.6. The van der Waals surface area contributed by atoms with Crippen molar-refractivity contribution < 1.29 is 0 Å². The second-order valence-corrected chi connectivity index (χ2v) is 7.79. The van der Waals surface area contributed by atoms with Crippen LogP contribution in [0.15, 0.2) is 29.2 Å². The molecule has 0 spiro atoms. The Morgan fingerprint density at radius 2 is 2.22 bits per heavy atom. The van der Waals surface area contributed by atoms with Crippen molar-refractivity contribution in [3.05, 3.63) is 40.3 Å². The van der Waals surface area contributed by atoms with E-state index in [0.29, 0.717) is 18.1 Å². The quantitative estimate of drug-likeness (QED) is 0.813. The van der Waals surface area contributed by atoms with Crippen LogP contribution in [-0.2, 0) is 20.0 Å². The monoisotopic (exact) mass is 332 g/mol. The first-order valence-electron chi connectivity index (χ1n) is 8.49. The molecule has 1 saturated heterocycles. The van der Waals surface area contributed by atoms with E-state index >= 15 is 0 Å². The van der Waals surface area contributed by atoms with Gasteiger partial charge in [0.05, 0.1) is 6.20 Å². The summed E-state index contributed by atoms with van der Waals surface area (Å²) in [6.45, 7) is 6.84. The van der Waals surface area contributed by atoms with Gasteiger partial charge in [0.15, 0.2) is 0 Å². The fraction of sp³-hybridized carbons (Fsp3) is 0.611. The van der Waals surface area contributed by atoms with Crippen molar-refractivity contribution >= 4 is 11.3 Å². The van der Waals surface area contributed by atoms with Crippen LogP contribution in [0.1, 0.15) is 31.4 Å². The summed E-state index contributed by atoms with van der Waals surface area (Å²) < 4.78 is 1.91. The van der Waals surface area contributed by atoms with Gasteiger partial charge in [-0.2, -0.15) is 16.4 Å². The minimum atomic E-state index is 0.562. The van der Waals surface area contributed by atoms with Gasteiger partial charge in [-0.15, -0.1) is 0 Å². The lowest BCUT2D eigenvalue weighted by atomic mass is 10.00. The van der Waals surface area contributed by atoms with Gasteiger partial charge in [0.25, 0.3) is 0 Å². The van der Waals surface area contributed by atoms with Gasteiger partial charge in [0, 0.05) is 44.5 Å². The molecule has 23 heavy (non-hydrogen) atoms. The molecule has 2 aromatic heterocycles. The number of likely N-dealkylation sites (tertiary alicyclic amines) is 1. The van der Waals surface area contributed by atoms with Crippen LogP contribution in [0.3, 0.4) is 0 Å². The molecular formula is C18H28N4S. The molecule has 3 heterocycles. The zero-order valence-corrected chi connectivity index (χ0v) is 15.5. The molecule has 5 heteroatoms. The smallest absolute Gasteiger partial charge is 0.0522 e. The maximum atomic E-state index is 4.35. The lowest BCUT2D eigenvalue weighted by Crippen LogP contribution is -2.47. The third-order valence-corrected chi connectivity index (χ3v) is 5.86. The Labute approximate surface area is 143 Å². The van der Waals surface area contributed by atoms with Crippen molar-refractivity contribution in [1.82, 2.24) is 19.6 Å². The molecule has 0 radical (unpaired) electrons. The van der Waals surface area contributed by atoms with E-state index in [1.807, 2.05) is 17.9 Å². The van der Waals surface area contributed by atoms with Crippen molar-refractivity contribution in [2.24, 2.45) is 7.05 Å². The van der Waals surface area contributed by atoms with E-state index in [4.69, 9.17) is 0 Å². The maximum absolute atomic E-state index is 4.35. The third-order valence-electron chi connectivity index (χ3n) is 5.13. The van der Waals surface area contributed by atoms with Crippen LogP contribution in [0.25, 0.3) is 0 Å². The summed E-state index contributed by atoms with van der Waals surface area (Å²) in [5.41, 5.74) is 2.79. The van der Waals surface area contributed by atoms with Crippen molar-refractivity contribution in [3.63, 3.8) is 0 Å². The predicted molar refractivity (Wildman–Crippen MR) is 96.7 cm³/mol. The number of hydrogen-bond acceptors (Lipinski definition) is 4. The Morgan fingerprint density at radius 3 is 2.83 bits per heavy atom. The standard InChI is InChI=1S/C18H28N4S/c1-14(2)21(4)17-5-7-22(12-15-6-8-23-13-15)18(17)9-16-10-19-20(3)11-16/h6,8,10-11,13-14,17-18H,5,7,9,12H2,1-4H3/t17-,18+/m1/s1. The number of likely N-dealkylation sites (N-methyl/N-ethyl adjacent to an activating group) is 1. The molecule has 0 saturated carbocycles. The summed E-state index contributed by atoms with van der Waals surface area (Å²) >= 11 is 1.79. The van der Waals surface area contributed by atoms with Crippen LogP contribution in [0.5, 0.6) is 0 Å². The molecule has 126 valence electrons. The van der Waals surface area contributed by atoms with Gasteiger partial charge in [-0.1, -0.05) is 0 Å². The van der Waals surface area contributed by atoms with Crippen LogP contribution in [0.2, 0.25) is 0 Å². The van der Waals surface area contributed by atoms with E-state index in [2.05, 4.69) is 58.8 Å². The summed E-state index contributed by atoms with van der Waals surface area (Å²) in [4.78, 5) is 5.22. The Kier molecular flexibility index (Phi) is 5.19. The molecule has 2 aromatic rings. The highest BCUT2D eigenvalue weighted by Gasteiger charge is 2.37. The third kappa shape index (κ3) is 3.84. The SMILES string of the molecule is CC(C)N(C)[C@@H]1CCN(Cc2ccsc2)[C@H]1Cc1cnn(C)c1. The molecule has 1 aliphatic heterocycles. The average Bonchev–Trinajstić information content (AvgIpc) is 3.23. The summed E-state index contributed by atoms with van der Waals surface area (Å²) in [5, 5.41) is 8.81.